The number of rotatable bonds is 5. The number of thiazole rings is 1. The zero-order valence-electron chi connectivity index (χ0n) is 20.1. The lowest BCUT2D eigenvalue weighted by Gasteiger charge is -2.32. The fraction of sp³-hybridized carbons (Fsp3) is 0.296. The topological polar surface area (TPSA) is 101 Å². The molecule has 1 aromatic carbocycles. The minimum atomic E-state index is -0.250. The molecule has 0 N–H and O–H groups in total. The largest absolute Gasteiger partial charge is 0.466 e. The molecule has 4 aromatic rings. The Hall–Kier alpha value is -4.03. The smallest absolute Gasteiger partial charge is 0.309 e. The number of ether oxygens (including phenoxy) is 1. The maximum atomic E-state index is 13.7. The zero-order chi connectivity index (χ0) is 25.2. The summed E-state index contributed by atoms with van der Waals surface area (Å²) in [5, 5.41) is 10.6. The summed E-state index contributed by atoms with van der Waals surface area (Å²) >= 11 is 1.41. The Morgan fingerprint density at radius 2 is 2.00 bits per heavy atom. The number of anilines is 1. The first-order chi connectivity index (χ1) is 17.5. The van der Waals surface area contributed by atoms with E-state index in [-0.39, 0.29) is 17.4 Å². The van der Waals surface area contributed by atoms with Crippen LogP contribution in [0.1, 0.15) is 35.9 Å². The number of piperidine rings is 1. The number of aromatic nitrogens is 3. The number of carbonyl (C=O) groups excluding carboxylic acids is 1. The zero-order valence-corrected chi connectivity index (χ0v) is 20.9. The van der Waals surface area contributed by atoms with Crippen LogP contribution < -0.4 is 10.5 Å². The number of nitrogens with zero attached hydrogens (tertiary/aromatic N) is 5. The molecule has 4 heterocycles. The van der Waals surface area contributed by atoms with Crippen LogP contribution in [0, 0.1) is 24.2 Å². The predicted octanol–water partition coefficient (Wildman–Crippen LogP) is 4.46. The van der Waals surface area contributed by atoms with Gasteiger partial charge in [0, 0.05) is 19.3 Å². The molecular formula is C27H25N5O3S. The van der Waals surface area contributed by atoms with Crippen molar-refractivity contribution in [2.75, 3.05) is 24.6 Å². The van der Waals surface area contributed by atoms with Crippen molar-refractivity contribution in [3.8, 4) is 6.07 Å². The molecule has 9 heteroatoms. The van der Waals surface area contributed by atoms with Crippen LogP contribution in [-0.4, -0.2) is 40.0 Å². The number of esters is 1. The molecule has 1 aliphatic heterocycles. The maximum absolute atomic E-state index is 13.7. The van der Waals surface area contributed by atoms with Crippen molar-refractivity contribution < 1.29 is 9.53 Å². The average molecular weight is 500 g/mol. The molecule has 5 rings (SSSR count). The Morgan fingerprint density at radius 1 is 1.22 bits per heavy atom. The van der Waals surface area contributed by atoms with Gasteiger partial charge in [-0.3, -0.25) is 14.0 Å². The second kappa shape index (κ2) is 9.91. The van der Waals surface area contributed by atoms with Crippen molar-refractivity contribution in [1.82, 2.24) is 14.4 Å². The number of carbonyl (C=O) groups is 1. The first-order valence-electron chi connectivity index (χ1n) is 11.9. The number of pyridine rings is 1. The fourth-order valence-electron chi connectivity index (χ4n) is 4.53. The molecule has 36 heavy (non-hydrogen) atoms. The molecule has 0 spiro atoms. The lowest BCUT2D eigenvalue weighted by atomic mass is 9.96. The number of nitriles is 1. The molecule has 0 bridgehead atoms. The van der Waals surface area contributed by atoms with E-state index in [2.05, 4.69) is 11.1 Å². The molecule has 0 radical (unpaired) electrons. The highest BCUT2D eigenvalue weighted by Crippen LogP contribution is 2.31. The Kier molecular flexibility index (Phi) is 6.53. The van der Waals surface area contributed by atoms with Crippen molar-refractivity contribution in [1.29, 1.82) is 5.26 Å². The molecule has 0 saturated carbocycles. The van der Waals surface area contributed by atoms with Crippen LogP contribution in [0.4, 0.5) is 5.82 Å². The van der Waals surface area contributed by atoms with Gasteiger partial charge in [0.05, 0.1) is 33.9 Å². The Balaban J connectivity index is 1.61. The highest BCUT2D eigenvalue weighted by Gasteiger charge is 2.29. The number of aryl methyl sites for hydroxylation is 1. The number of para-hydroxylation sites is 1. The molecule has 1 fully saturated rings. The van der Waals surface area contributed by atoms with Gasteiger partial charge < -0.3 is 9.64 Å². The minimum absolute atomic E-state index is 0.166. The van der Waals surface area contributed by atoms with E-state index in [4.69, 9.17) is 9.72 Å². The second-order valence-corrected chi connectivity index (χ2v) is 9.74. The van der Waals surface area contributed by atoms with Crippen molar-refractivity contribution in [3.05, 3.63) is 69.1 Å². The van der Waals surface area contributed by atoms with E-state index < -0.39 is 0 Å². The van der Waals surface area contributed by atoms with Gasteiger partial charge in [-0.2, -0.15) is 5.26 Å². The molecule has 0 amide bonds. The molecule has 8 nitrogen and oxygen atoms in total. The van der Waals surface area contributed by atoms with Crippen molar-refractivity contribution >= 4 is 50.6 Å². The van der Waals surface area contributed by atoms with Crippen LogP contribution in [0.25, 0.3) is 27.5 Å². The molecule has 0 atom stereocenters. The van der Waals surface area contributed by atoms with E-state index in [0.29, 0.717) is 60.1 Å². The quantitative estimate of drug-likeness (QED) is 0.295. The number of hydrogen-bond acceptors (Lipinski definition) is 8. The molecule has 3 aromatic heterocycles. The van der Waals surface area contributed by atoms with Gasteiger partial charge in [0.2, 0.25) is 0 Å². The highest BCUT2D eigenvalue weighted by molar-refractivity contribution is 7.19. The molecule has 1 aliphatic rings. The Morgan fingerprint density at radius 3 is 2.72 bits per heavy atom. The van der Waals surface area contributed by atoms with Gasteiger partial charge in [0.15, 0.2) is 0 Å². The van der Waals surface area contributed by atoms with E-state index in [1.807, 2.05) is 48.2 Å². The van der Waals surface area contributed by atoms with E-state index in [1.54, 1.807) is 19.2 Å². The Bertz CT molecular complexity index is 1560. The van der Waals surface area contributed by atoms with Crippen LogP contribution in [0.15, 0.2) is 47.4 Å². The first kappa shape index (κ1) is 23.7. The normalized spacial score (nSPS) is 14.8. The summed E-state index contributed by atoms with van der Waals surface area (Å²) in [6.45, 7) is 5.19. The SMILES string of the molecule is CCOC(=O)C1CCN(c2nc3c(C)cccn3c(=O)c2C=C(C#N)c2nc3ccccc3s2)CC1. The monoisotopic (exact) mass is 499 g/mol. The van der Waals surface area contributed by atoms with Crippen LogP contribution >= 0.6 is 11.3 Å². The molecule has 0 unspecified atom stereocenters. The highest BCUT2D eigenvalue weighted by atomic mass is 32.1. The van der Waals surface area contributed by atoms with E-state index in [9.17, 15) is 14.9 Å². The summed E-state index contributed by atoms with van der Waals surface area (Å²) in [5.41, 5.74) is 2.65. The van der Waals surface area contributed by atoms with Gasteiger partial charge in [0.25, 0.3) is 5.56 Å². The molecular weight excluding hydrogens is 474 g/mol. The third-order valence-electron chi connectivity index (χ3n) is 6.41. The average Bonchev–Trinajstić information content (AvgIpc) is 3.33. The van der Waals surface area contributed by atoms with Crippen molar-refractivity contribution in [2.45, 2.75) is 26.7 Å². The van der Waals surface area contributed by atoms with Gasteiger partial charge in [0.1, 0.15) is 22.5 Å². The number of hydrogen-bond donors (Lipinski definition) is 0. The standard InChI is InChI=1S/C27H25N5O3S/c1-3-35-27(34)18-10-13-31(14-11-18)24-20(26(33)32-12-6-7-17(2)23(32)30-24)15-19(16-28)25-29-21-8-4-5-9-22(21)36-25/h4-9,12,15,18H,3,10-11,13-14H2,1-2H3. The summed E-state index contributed by atoms with van der Waals surface area (Å²) in [6.07, 6.45) is 4.52. The fourth-order valence-corrected chi connectivity index (χ4v) is 5.46. The van der Waals surface area contributed by atoms with E-state index >= 15 is 0 Å². The van der Waals surface area contributed by atoms with Crippen LogP contribution in [-0.2, 0) is 9.53 Å². The van der Waals surface area contributed by atoms with E-state index in [1.165, 1.54) is 15.7 Å². The third kappa shape index (κ3) is 4.36. The van der Waals surface area contributed by atoms with E-state index in [0.717, 1.165) is 15.8 Å². The summed E-state index contributed by atoms with van der Waals surface area (Å²) in [6, 6.07) is 13.6. The van der Waals surface area contributed by atoms with Gasteiger partial charge >= 0.3 is 5.97 Å². The van der Waals surface area contributed by atoms with Gasteiger partial charge in [-0.25, -0.2) is 9.97 Å². The van der Waals surface area contributed by atoms with Gasteiger partial charge in [-0.1, -0.05) is 18.2 Å². The predicted molar refractivity (Wildman–Crippen MR) is 141 cm³/mol. The summed E-state index contributed by atoms with van der Waals surface area (Å²) < 4.78 is 7.69. The van der Waals surface area contributed by atoms with Gasteiger partial charge in [-0.15, -0.1) is 11.3 Å². The van der Waals surface area contributed by atoms with Crippen LogP contribution in [0.5, 0.6) is 0 Å². The van der Waals surface area contributed by atoms with Crippen molar-refractivity contribution in [2.24, 2.45) is 5.92 Å². The maximum Gasteiger partial charge on any atom is 0.309 e. The second-order valence-electron chi connectivity index (χ2n) is 8.71. The lowest BCUT2D eigenvalue weighted by molar-refractivity contribution is -0.148. The first-order valence-corrected chi connectivity index (χ1v) is 12.7. The number of allylic oxidation sites excluding steroid dienone is 1. The molecule has 0 aliphatic carbocycles. The Labute approximate surface area is 212 Å². The minimum Gasteiger partial charge on any atom is -0.466 e. The molecule has 182 valence electrons. The number of fused-ring (bicyclic) bond motifs is 2. The molecule has 1 saturated heterocycles. The van der Waals surface area contributed by atoms with Gasteiger partial charge in [-0.05, 0) is 56.5 Å². The summed E-state index contributed by atoms with van der Waals surface area (Å²) in [7, 11) is 0. The third-order valence-corrected chi connectivity index (χ3v) is 7.48. The lowest BCUT2D eigenvalue weighted by Crippen LogP contribution is -2.39. The van der Waals surface area contributed by atoms with Crippen LogP contribution in [0.3, 0.4) is 0 Å². The van der Waals surface area contributed by atoms with Crippen LogP contribution in [0.2, 0.25) is 0 Å². The van der Waals surface area contributed by atoms with Crippen molar-refractivity contribution in [3.63, 3.8) is 0 Å². The summed E-state index contributed by atoms with van der Waals surface area (Å²) in [5.74, 6) is 0.175. The summed E-state index contributed by atoms with van der Waals surface area (Å²) in [4.78, 5) is 37.5. The number of benzene rings is 1.